The van der Waals surface area contributed by atoms with Crippen LogP contribution in [0.2, 0.25) is 0 Å². The van der Waals surface area contributed by atoms with Gasteiger partial charge >= 0.3 is 6.03 Å². The predicted molar refractivity (Wildman–Crippen MR) is 53.9 cm³/mol. The first-order valence-corrected chi connectivity index (χ1v) is 4.55. The molecule has 2 heterocycles. The maximum Gasteiger partial charge on any atom is 0.342 e. The topological polar surface area (TPSA) is 70.6 Å². The first-order valence-electron chi connectivity index (χ1n) is 4.55. The molecule has 5 nitrogen and oxygen atoms in total. The van der Waals surface area contributed by atoms with Gasteiger partial charge in [-0.1, -0.05) is 18.2 Å². The Labute approximate surface area is 85.2 Å². The van der Waals surface area contributed by atoms with Crippen molar-refractivity contribution in [2.75, 3.05) is 5.32 Å². The van der Waals surface area contributed by atoms with Crippen LogP contribution in [0.4, 0.5) is 10.5 Å². The van der Waals surface area contributed by atoms with Gasteiger partial charge in [0.2, 0.25) is 0 Å². The zero-order valence-corrected chi connectivity index (χ0v) is 7.65. The number of fused-ring (bicyclic) bond motifs is 3. The van der Waals surface area contributed by atoms with E-state index in [-0.39, 0.29) is 5.91 Å². The largest absolute Gasteiger partial charge is 0.342 e. The molecule has 0 radical (unpaired) electrons. The van der Waals surface area contributed by atoms with Gasteiger partial charge in [-0.25, -0.2) is 4.79 Å². The average Bonchev–Trinajstić information content (AvgIpc) is 2.61. The van der Waals surface area contributed by atoms with Crippen LogP contribution in [-0.2, 0) is 4.79 Å². The van der Waals surface area contributed by atoms with E-state index in [4.69, 9.17) is 0 Å². The Morgan fingerprint density at radius 1 is 1.20 bits per heavy atom. The quantitative estimate of drug-likeness (QED) is 0.642. The minimum atomic E-state index is -0.632. The highest BCUT2D eigenvalue weighted by Crippen LogP contribution is 2.24. The Morgan fingerprint density at radius 3 is 2.87 bits per heavy atom. The lowest BCUT2D eigenvalue weighted by Crippen LogP contribution is -2.46. The fourth-order valence-corrected chi connectivity index (χ4v) is 1.82. The molecule has 15 heavy (non-hydrogen) atoms. The highest BCUT2D eigenvalue weighted by molar-refractivity contribution is 6.30. The fourth-order valence-electron chi connectivity index (χ4n) is 1.82. The molecule has 1 unspecified atom stereocenters. The monoisotopic (exact) mass is 201 g/mol. The van der Waals surface area contributed by atoms with E-state index in [0.29, 0.717) is 11.4 Å². The first kappa shape index (κ1) is 8.16. The third kappa shape index (κ3) is 1.06. The molecule has 0 spiro atoms. The number of para-hydroxylation sites is 1. The van der Waals surface area contributed by atoms with Crippen LogP contribution in [0, 0.1) is 0 Å². The number of carbonyl (C=O) groups is 2. The molecule has 2 aliphatic heterocycles. The molecule has 5 heteroatoms. The summed E-state index contributed by atoms with van der Waals surface area (Å²) in [4.78, 5) is 26.5. The molecule has 0 saturated heterocycles. The highest BCUT2D eigenvalue weighted by atomic mass is 16.2. The predicted octanol–water partition coefficient (Wildman–Crippen LogP) is 0.520. The minimum Gasteiger partial charge on any atom is -0.323 e. The summed E-state index contributed by atoms with van der Waals surface area (Å²) in [7, 11) is 0. The number of rotatable bonds is 0. The van der Waals surface area contributed by atoms with E-state index in [1.807, 2.05) is 18.2 Å². The Kier molecular flexibility index (Phi) is 1.45. The number of anilines is 1. The number of aliphatic imine (C=N–C) groups is 1. The molecule has 74 valence electrons. The summed E-state index contributed by atoms with van der Waals surface area (Å²) in [5.41, 5.74) is 2.02. The molecule has 2 aliphatic rings. The Balaban J connectivity index is 2.22. The number of hydrogen-bond acceptors (Lipinski definition) is 2. The standard InChI is InChI=1S/C10H7N3O2/c14-9-8-7(12-10(15)13-8)5-3-1-2-4-6(5)11-9/h1-4,8H,(H,11,14)(H,13,15). The number of amides is 3. The van der Waals surface area contributed by atoms with Crippen LogP contribution < -0.4 is 10.6 Å². The van der Waals surface area contributed by atoms with Gasteiger partial charge in [0.05, 0.1) is 5.71 Å². The molecule has 0 bridgehead atoms. The molecular formula is C10H7N3O2. The number of benzene rings is 1. The summed E-state index contributed by atoms with van der Waals surface area (Å²) in [5.74, 6) is -0.238. The van der Waals surface area contributed by atoms with Crippen molar-refractivity contribution in [1.82, 2.24) is 5.32 Å². The second kappa shape index (κ2) is 2.66. The molecule has 1 aromatic rings. The Hall–Kier alpha value is -2.17. The van der Waals surface area contributed by atoms with Crippen molar-refractivity contribution in [1.29, 1.82) is 0 Å². The minimum absolute atomic E-state index is 0.238. The van der Waals surface area contributed by atoms with Gasteiger partial charge in [0.15, 0.2) is 6.04 Å². The molecule has 0 aliphatic carbocycles. The average molecular weight is 201 g/mol. The van der Waals surface area contributed by atoms with Crippen molar-refractivity contribution in [2.24, 2.45) is 4.99 Å². The zero-order valence-electron chi connectivity index (χ0n) is 7.65. The molecule has 0 saturated carbocycles. The summed E-state index contributed by atoms with van der Waals surface area (Å²) in [5, 5.41) is 5.21. The lowest BCUT2D eigenvalue weighted by atomic mass is 9.97. The van der Waals surface area contributed by atoms with Crippen LogP contribution in [0.1, 0.15) is 5.56 Å². The highest BCUT2D eigenvalue weighted by Gasteiger charge is 2.37. The summed E-state index contributed by atoms with van der Waals surface area (Å²) in [6, 6.07) is 6.20. The molecule has 0 aromatic heterocycles. The van der Waals surface area contributed by atoms with Gasteiger partial charge in [-0.3, -0.25) is 4.79 Å². The number of nitrogens with one attached hydrogen (secondary N) is 2. The normalized spacial score (nSPS) is 22.4. The van der Waals surface area contributed by atoms with Crippen LogP contribution in [0.5, 0.6) is 0 Å². The van der Waals surface area contributed by atoms with Crippen molar-refractivity contribution in [3.05, 3.63) is 29.8 Å². The lowest BCUT2D eigenvalue weighted by Gasteiger charge is -2.21. The van der Waals surface area contributed by atoms with Gasteiger partial charge < -0.3 is 10.6 Å². The van der Waals surface area contributed by atoms with Crippen molar-refractivity contribution in [2.45, 2.75) is 6.04 Å². The van der Waals surface area contributed by atoms with Gasteiger partial charge in [-0.15, -0.1) is 0 Å². The molecular weight excluding hydrogens is 194 g/mol. The Bertz CT molecular complexity index is 507. The Morgan fingerprint density at radius 2 is 2.00 bits per heavy atom. The molecule has 3 rings (SSSR count). The second-order valence-corrected chi connectivity index (χ2v) is 3.41. The number of carbonyl (C=O) groups excluding carboxylic acids is 2. The maximum absolute atomic E-state index is 11.6. The summed E-state index contributed by atoms with van der Waals surface area (Å²) < 4.78 is 0. The van der Waals surface area contributed by atoms with Crippen molar-refractivity contribution in [3.8, 4) is 0 Å². The summed E-state index contributed by atoms with van der Waals surface area (Å²) in [6.45, 7) is 0. The van der Waals surface area contributed by atoms with Crippen molar-refractivity contribution < 1.29 is 9.59 Å². The van der Waals surface area contributed by atoms with Gasteiger partial charge in [0.1, 0.15) is 0 Å². The smallest absolute Gasteiger partial charge is 0.323 e. The van der Waals surface area contributed by atoms with Crippen molar-refractivity contribution >= 4 is 23.3 Å². The van der Waals surface area contributed by atoms with Crippen LogP contribution >= 0.6 is 0 Å². The molecule has 0 fully saturated rings. The van der Waals surface area contributed by atoms with E-state index in [1.54, 1.807) is 6.07 Å². The van der Waals surface area contributed by atoms with E-state index in [1.165, 1.54) is 0 Å². The number of hydrogen-bond donors (Lipinski definition) is 2. The molecule has 1 aromatic carbocycles. The van der Waals surface area contributed by atoms with Crippen LogP contribution in [0.3, 0.4) is 0 Å². The second-order valence-electron chi connectivity index (χ2n) is 3.41. The van der Waals surface area contributed by atoms with Crippen LogP contribution in [0.25, 0.3) is 0 Å². The first-order chi connectivity index (χ1) is 7.25. The zero-order chi connectivity index (χ0) is 10.4. The van der Waals surface area contributed by atoms with E-state index in [0.717, 1.165) is 5.56 Å². The van der Waals surface area contributed by atoms with Crippen molar-refractivity contribution in [3.63, 3.8) is 0 Å². The van der Waals surface area contributed by atoms with E-state index in [9.17, 15) is 9.59 Å². The van der Waals surface area contributed by atoms with E-state index in [2.05, 4.69) is 15.6 Å². The van der Waals surface area contributed by atoms with Gasteiger partial charge in [-0.05, 0) is 6.07 Å². The third-order valence-electron chi connectivity index (χ3n) is 2.49. The van der Waals surface area contributed by atoms with Crippen LogP contribution in [0.15, 0.2) is 29.3 Å². The number of urea groups is 1. The lowest BCUT2D eigenvalue weighted by molar-refractivity contribution is -0.116. The third-order valence-corrected chi connectivity index (χ3v) is 2.49. The SMILES string of the molecule is O=C1N=C2c3ccccc3NC(=O)C2N1. The van der Waals surface area contributed by atoms with E-state index < -0.39 is 12.1 Å². The van der Waals surface area contributed by atoms with Gasteiger partial charge in [0.25, 0.3) is 5.91 Å². The molecule has 1 atom stereocenters. The summed E-state index contributed by atoms with van der Waals surface area (Å²) in [6.07, 6.45) is 0. The van der Waals surface area contributed by atoms with Crippen LogP contribution in [-0.4, -0.2) is 23.7 Å². The fraction of sp³-hybridized carbons (Fsp3) is 0.100. The summed E-state index contributed by atoms with van der Waals surface area (Å²) >= 11 is 0. The van der Waals surface area contributed by atoms with E-state index >= 15 is 0 Å². The number of nitrogens with zero attached hydrogens (tertiary/aromatic N) is 1. The maximum atomic E-state index is 11.6. The van der Waals surface area contributed by atoms with Gasteiger partial charge in [-0.2, -0.15) is 4.99 Å². The molecule has 3 amide bonds. The van der Waals surface area contributed by atoms with Gasteiger partial charge in [0, 0.05) is 11.3 Å². The molecule has 2 N–H and O–H groups in total.